The summed E-state index contributed by atoms with van der Waals surface area (Å²) in [6.45, 7) is 1.63. The summed E-state index contributed by atoms with van der Waals surface area (Å²) in [5, 5.41) is 3.89. The van der Waals surface area contributed by atoms with E-state index in [-0.39, 0.29) is 0 Å². The minimum Gasteiger partial charge on any atom is -0.352 e. The van der Waals surface area contributed by atoms with E-state index >= 15 is 0 Å². The highest BCUT2D eigenvalue weighted by Gasteiger charge is 2.22. The average Bonchev–Trinajstić information content (AvgIpc) is 2.94. The molecule has 1 N–H and O–H groups in total. The summed E-state index contributed by atoms with van der Waals surface area (Å²) in [5.74, 6) is 0.884. The Balaban J connectivity index is 1.71. The van der Waals surface area contributed by atoms with Gasteiger partial charge in [0.15, 0.2) is 5.96 Å². The monoisotopic (exact) mass is 300 g/mol. The van der Waals surface area contributed by atoms with Crippen LogP contribution in [-0.4, -0.2) is 24.5 Å². The van der Waals surface area contributed by atoms with Crippen LogP contribution in [0.3, 0.4) is 0 Å². The lowest BCUT2D eigenvalue weighted by Crippen LogP contribution is -2.40. The molecule has 4 nitrogen and oxygen atoms in total. The van der Waals surface area contributed by atoms with Gasteiger partial charge in [0, 0.05) is 32.0 Å². The molecular weight excluding hydrogens is 284 g/mol. The van der Waals surface area contributed by atoms with E-state index < -0.39 is 0 Å². The number of para-hydroxylation sites is 1. The van der Waals surface area contributed by atoms with Crippen LogP contribution in [-0.2, 0) is 13.0 Å². The van der Waals surface area contributed by atoms with Crippen LogP contribution in [0, 0.1) is 0 Å². The first-order valence-corrected chi connectivity index (χ1v) is 7.32. The number of nitrogens with zero attached hydrogens (tertiary/aromatic N) is 3. The Morgan fingerprint density at radius 2 is 2.19 bits per heavy atom. The van der Waals surface area contributed by atoms with Crippen molar-refractivity contribution in [2.24, 2.45) is 4.99 Å². The molecule has 0 atom stereocenters. The molecule has 2 heterocycles. The second-order valence-corrected chi connectivity index (χ2v) is 5.31. The van der Waals surface area contributed by atoms with E-state index in [0.29, 0.717) is 11.7 Å². The van der Waals surface area contributed by atoms with E-state index in [0.717, 1.165) is 24.5 Å². The second-order valence-electron chi connectivity index (χ2n) is 4.92. The fourth-order valence-corrected chi connectivity index (χ4v) is 2.66. The molecule has 0 fully saturated rings. The van der Waals surface area contributed by atoms with Gasteiger partial charge in [-0.1, -0.05) is 35.9 Å². The Morgan fingerprint density at radius 3 is 2.95 bits per heavy atom. The molecule has 5 heteroatoms. The molecule has 0 unspecified atom stereocenters. The number of anilines is 1. The molecule has 1 aromatic carbocycles. The van der Waals surface area contributed by atoms with E-state index in [1.165, 1.54) is 11.3 Å². The molecule has 0 bridgehead atoms. The van der Waals surface area contributed by atoms with Gasteiger partial charge in [-0.05, 0) is 29.7 Å². The van der Waals surface area contributed by atoms with E-state index in [1.54, 1.807) is 12.3 Å². The number of aliphatic imine (C=N–C) groups is 1. The predicted molar refractivity (Wildman–Crippen MR) is 86.9 cm³/mol. The highest BCUT2D eigenvalue weighted by molar-refractivity contribution is 6.29. The van der Waals surface area contributed by atoms with Gasteiger partial charge in [-0.3, -0.25) is 4.99 Å². The molecular formula is C16H17ClN4. The van der Waals surface area contributed by atoms with E-state index in [4.69, 9.17) is 11.6 Å². The highest BCUT2D eigenvalue weighted by atomic mass is 35.5. The summed E-state index contributed by atoms with van der Waals surface area (Å²) in [4.78, 5) is 10.7. The number of pyridine rings is 1. The summed E-state index contributed by atoms with van der Waals surface area (Å²) in [5.41, 5.74) is 3.68. The van der Waals surface area contributed by atoms with Crippen LogP contribution in [0.25, 0.3) is 0 Å². The summed E-state index contributed by atoms with van der Waals surface area (Å²) in [7, 11) is 1.81. The van der Waals surface area contributed by atoms with Gasteiger partial charge in [-0.2, -0.15) is 0 Å². The quantitative estimate of drug-likeness (QED) is 0.527. The first kappa shape index (κ1) is 13.9. The maximum absolute atomic E-state index is 5.80. The van der Waals surface area contributed by atoms with Gasteiger partial charge >= 0.3 is 0 Å². The zero-order chi connectivity index (χ0) is 14.7. The van der Waals surface area contributed by atoms with Gasteiger partial charge < -0.3 is 10.2 Å². The molecule has 0 spiro atoms. The fraction of sp³-hybridized carbons (Fsp3) is 0.250. The zero-order valence-corrected chi connectivity index (χ0v) is 12.6. The summed E-state index contributed by atoms with van der Waals surface area (Å²) in [6.07, 6.45) is 2.83. The smallest absolute Gasteiger partial charge is 0.198 e. The third-order valence-corrected chi connectivity index (χ3v) is 3.82. The van der Waals surface area contributed by atoms with Crippen molar-refractivity contribution in [2.75, 3.05) is 18.5 Å². The summed E-state index contributed by atoms with van der Waals surface area (Å²) < 4.78 is 0. The zero-order valence-electron chi connectivity index (χ0n) is 11.9. The minimum atomic E-state index is 0.511. The summed E-state index contributed by atoms with van der Waals surface area (Å²) in [6, 6.07) is 12.2. The van der Waals surface area contributed by atoms with Gasteiger partial charge in [0.05, 0.1) is 0 Å². The van der Waals surface area contributed by atoms with Gasteiger partial charge in [0.2, 0.25) is 0 Å². The number of aromatic nitrogens is 1. The Kier molecular flexibility index (Phi) is 4.06. The number of hydrogen-bond acceptors (Lipinski definition) is 2. The fourth-order valence-electron chi connectivity index (χ4n) is 2.55. The lowest BCUT2D eigenvalue weighted by atomic mass is 10.2. The molecule has 2 aromatic rings. The molecule has 21 heavy (non-hydrogen) atoms. The standard InChI is InChI=1S/C16H17ClN4/c1-18-16(20-11-12-6-7-15(17)19-10-12)21-9-8-13-4-2-3-5-14(13)21/h2-7,10H,8-9,11H2,1H3,(H,18,20). The number of nitrogens with one attached hydrogen (secondary N) is 1. The van der Waals surface area contributed by atoms with Gasteiger partial charge in [0.25, 0.3) is 0 Å². The molecule has 1 aliphatic rings. The molecule has 0 saturated heterocycles. The van der Waals surface area contributed by atoms with Crippen molar-refractivity contribution in [1.82, 2.24) is 10.3 Å². The second kappa shape index (κ2) is 6.14. The van der Waals surface area contributed by atoms with Crippen LogP contribution >= 0.6 is 11.6 Å². The molecule has 1 aliphatic heterocycles. The van der Waals surface area contributed by atoms with Gasteiger partial charge in [0.1, 0.15) is 5.15 Å². The lowest BCUT2D eigenvalue weighted by molar-refractivity contribution is 0.862. The topological polar surface area (TPSA) is 40.5 Å². The van der Waals surface area contributed by atoms with Crippen LogP contribution in [0.15, 0.2) is 47.6 Å². The number of benzene rings is 1. The first-order chi connectivity index (χ1) is 10.3. The van der Waals surface area contributed by atoms with E-state index in [1.807, 2.05) is 13.1 Å². The van der Waals surface area contributed by atoms with Crippen molar-refractivity contribution in [3.8, 4) is 0 Å². The molecule has 0 aliphatic carbocycles. The molecule has 3 rings (SSSR count). The number of halogens is 1. The molecule has 0 amide bonds. The van der Waals surface area contributed by atoms with Crippen molar-refractivity contribution >= 4 is 23.2 Å². The van der Waals surface area contributed by atoms with E-state index in [2.05, 4.69) is 44.5 Å². The van der Waals surface area contributed by atoms with E-state index in [9.17, 15) is 0 Å². The third-order valence-electron chi connectivity index (χ3n) is 3.59. The third kappa shape index (κ3) is 3.00. The van der Waals surface area contributed by atoms with Crippen LogP contribution in [0.5, 0.6) is 0 Å². The highest BCUT2D eigenvalue weighted by Crippen LogP contribution is 2.27. The molecule has 0 saturated carbocycles. The van der Waals surface area contributed by atoms with Crippen molar-refractivity contribution < 1.29 is 0 Å². The number of guanidine groups is 1. The minimum absolute atomic E-state index is 0.511. The number of hydrogen-bond donors (Lipinski definition) is 1. The SMILES string of the molecule is CN=C(NCc1ccc(Cl)nc1)N1CCc2ccccc21. The molecule has 0 radical (unpaired) electrons. The number of rotatable bonds is 2. The van der Waals surface area contributed by atoms with Crippen LogP contribution < -0.4 is 10.2 Å². The summed E-state index contributed by atoms with van der Waals surface area (Å²) >= 11 is 5.80. The Hall–Kier alpha value is -2.07. The Bertz CT molecular complexity index is 652. The normalized spacial score (nSPS) is 14.2. The van der Waals surface area contributed by atoms with Crippen molar-refractivity contribution in [2.45, 2.75) is 13.0 Å². The average molecular weight is 301 g/mol. The van der Waals surface area contributed by atoms with Gasteiger partial charge in [-0.15, -0.1) is 0 Å². The Morgan fingerprint density at radius 1 is 1.33 bits per heavy atom. The predicted octanol–water partition coefficient (Wildman–Crippen LogP) is 2.87. The molecule has 108 valence electrons. The number of fused-ring (bicyclic) bond motifs is 1. The van der Waals surface area contributed by atoms with Gasteiger partial charge in [-0.25, -0.2) is 4.98 Å². The van der Waals surface area contributed by atoms with Crippen LogP contribution in [0.2, 0.25) is 5.15 Å². The Labute approximate surface area is 129 Å². The van der Waals surface area contributed by atoms with Crippen LogP contribution in [0.1, 0.15) is 11.1 Å². The van der Waals surface area contributed by atoms with Crippen molar-refractivity contribution in [1.29, 1.82) is 0 Å². The van der Waals surface area contributed by atoms with Crippen LogP contribution in [0.4, 0.5) is 5.69 Å². The maximum Gasteiger partial charge on any atom is 0.198 e. The maximum atomic E-state index is 5.80. The largest absolute Gasteiger partial charge is 0.352 e. The van der Waals surface area contributed by atoms with Crippen molar-refractivity contribution in [3.63, 3.8) is 0 Å². The first-order valence-electron chi connectivity index (χ1n) is 6.94. The molecule has 1 aromatic heterocycles. The van der Waals surface area contributed by atoms with Crippen molar-refractivity contribution in [3.05, 3.63) is 58.9 Å². The lowest BCUT2D eigenvalue weighted by Gasteiger charge is -2.22.